The SMILES string of the molecule is [2H]CCCCCCOc1nsnc1C1=CCCN(C)C1. The highest BCUT2D eigenvalue weighted by Gasteiger charge is 2.18. The average molecular weight is 282 g/mol. The van der Waals surface area contributed by atoms with Crippen molar-refractivity contribution < 1.29 is 6.11 Å². The van der Waals surface area contributed by atoms with E-state index in [0.29, 0.717) is 19.4 Å². The van der Waals surface area contributed by atoms with Gasteiger partial charge in [0.05, 0.1) is 18.3 Å². The molecule has 2 heterocycles. The molecule has 0 saturated carbocycles. The molecule has 1 aliphatic rings. The first-order chi connectivity index (χ1) is 9.81. The molecule has 0 N–H and O–H groups in total. The zero-order valence-corrected chi connectivity index (χ0v) is 12.4. The van der Waals surface area contributed by atoms with Crippen molar-refractivity contribution in [1.82, 2.24) is 13.6 Å². The van der Waals surface area contributed by atoms with Gasteiger partial charge in [-0.2, -0.15) is 4.37 Å². The molecule has 1 aliphatic heterocycles. The minimum atomic E-state index is 0.530. The molecule has 5 heteroatoms. The van der Waals surface area contributed by atoms with E-state index in [1.54, 1.807) is 0 Å². The monoisotopic (exact) mass is 282 g/mol. The molecule has 0 saturated heterocycles. The molecule has 0 bridgehead atoms. The van der Waals surface area contributed by atoms with E-state index in [0.717, 1.165) is 50.9 Å². The van der Waals surface area contributed by atoms with Crippen LogP contribution in [-0.2, 0) is 0 Å². The molecule has 0 aromatic carbocycles. The lowest BCUT2D eigenvalue weighted by atomic mass is 10.1. The van der Waals surface area contributed by atoms with Gasteiger partial charge in [-0.25, -0.2) is 0 Å². The van der Waals surface area contributed by atoms with Crippen LogP contribution in [0.3, 0.4) is 0 Å². The van der Waals surface area contributed by atoms with E-state index in [4.69, 9.17) is 6.11 Å². The lowest BCUT2D eigenvalue weighted by Gasteiger charge is -2.22. The molecule has 0 atom stereocenters. The van der Waals surface area contributed by atoms with Crippen LogP contribution >= 0.6 is 11.7 Å². The summed E-state index contributed by atoms with van der Waals surface area (Å²) >= 11 is 1.22. The molecule has 1 aromatic rings. The molecule has 0 spiro atoms. The number of ether oxygens (including phenoxy) is 1. The van der Waals surface area contributed by atoms with Crippen molar-refractivity contribution in [2.24, 2.45) is 0 Å². The van der Waals surface area contributed by atoms with Crippen molar-refractivity contribution >= 4 is 17.3 Å². The maximum Gasteiger partial charge on any atom is 0.253 e. The Morgan fingerprint density at radius 2 is 2.37 bits per heavy atom. The van der Waals surface area contributed by atoms with Crippen molar-refractivity contribution in [2.75, 3.05) is 26.7 Å². The lowest BCUT2D eigenvalue weighted by molar-refractivity contribution is 0.294. The van der Waals surface area contributed by atoms with Crippen molar-refractivity contribution in [1.29, 1.82) is 0 Å². The molecule has 1 aromatic heterocycles. The molecule has 0 unspecified atom stereocenters. The minimum absolute atomic E-state index is 0.530. The number of rotatable bonds is 7. The Morgan fingerprint density at radius 1 is 1.42 bits per heavy atom. The van der Waals surface area contributed by atoms with Crippen LogP contribution in [0.1, 0.15) is 46.1 Å². The zero-order chi connectivity index (χ0) is 14.2. The van der Waals surface area contributed by atoms with Crippen LogP contribution < -0.4 is 4.74 Å². The summed E-state index contributed by atoms with van der Waals surface area (Å²) in [6.45, 7) is 3.25. The lowest BCUT2D eigenvalue weighted by Crippen LogP contribution is -2.25. The van der Waals surface area contributed by atoms with E-state index < -0.39 is 0 Å². The second-order valence-corrected chi connectivity index (χ2v) is 5.46. The van der Waals surface area contributed by atoms with E-state index in [1.165, 1.54) is 17.3 Å². The van der Waals surface area contributed by atoms with Crippen molar-refractivity contribution in [3.05, 3.63) is 11.8 Å². The Morgan fingerprint density at radius 3 is 3.21 bits per heavy atom. The predicted octanol–water partition coefficient (Wildman–Crippen LogP) is 3.22. The van der Waals surface area contributed by atoms with Gasteiger partial charge in [0, 0.05) is 14.5 Å². The third kappa shape index (κ3) is 4.28. The first kappa shape index (κ1) is 13.1. The average Bonchev–Trinajstić information content (AvgIpc) is 2.91. The summed E-state index contributed by atoms with van der Waals surface area (Å²) in [5, 5.41) is 0. The van der Waals surface area contributed by atoms with Crippen LogP contribution in [0.25, 0.3) is 5.57 Å². The number of nitrogens with zero attached hydrogens (tertiary/aromatic N) is 3. The van der Waals surface area contributed by atoms with Crippen LogP contribution in [0.15, 0.2) is 6.08 Å². The first-order valence-electron chi connectivity index (χ1n) is 7.64. The van der Waals surface area contributed by atoms with Gasteiger partial charge < -0.3 is 9.64 Å². The predicted molar refractivity (Wildman–Crippen MR) is 79.6 cm³/mol. The van der Waals surface area contributed by atoms with Gasteiger partial charge in [-0.1, -0.05) is 32.2 Å². The summed E-state index contributed by atoms with van der Waals surface area (Å²) in [6.07, 6.45) is 7.56. The fourth-order valence-corrected chi connectivity index (χ4v) is 2.69. The number of hydrogen-bond acceptors (Lipinski definition) is 5. The van der Waals surface area contributed by atoms with Gasteiger partial charge in [0.25, 0.3) is 5.88 Å². The summed E-state index contributed by atoms with van der Waals surface area (Å²) < 4.78 is 21.5. The first-order valence-corrected chi connectivity index (χ1v) is 7.67. The van der Waals surface area contributed by atoms with Crippen LogP contribution in [0.4, 0.5) is 0 Å². The molecule has 0 fully saturated rings. The summed E-state index contributed by atoms with van der Waals surface area (Å²) in [4.78, 5) is 2.29. The van der Waals surface area contributed by atoms with E-state index in [9.17, 15) is 0 Å². The number of hydrogen-bond donors (Lipinski definition) is 0. The van der Waals surface area contributed by atoms with Gasteiger partial charge in [-0.05, 0) is 25.5 Å². The normalized spacial score (nSPS) is 17.1. The standard InChI is InChI=1S/C14H23N3OS/c1-3-4-5-6-10-18-14-13(15-19-16-14)12-8-7-9-17(2)11-12/h8H,3-7,9-11H2,1-2H3/i1D. The van der Waals surface area contributed by atoms with Crippen molar-refractivity contribution in [3.63, 3.8) is 0 Å². The van der Waals surface area contributed by atoms with E-state index >= 15 is 0 Å². The van der Waals surface area contributed by atoms with E-state index in [1.807, 2.05) is 0 Å². The Hall–Kier alpha value is -0.940. The van der Waals surface area contributed by atoms with E-state index in [-0.39, 0.29) is 0 Å². The van der Waals surface area contributed by atoms with Crippen LogP contribution in [0.2, 0.25) is 0 Å². The topological polar surface area (TPSA) is 38.3 Å². The Balaban J connectivity index is 1.81. The Kier molecular flexibility index (Phi) is 5.23. The van der Waals surface area contributed by atoms with Crippen molar-refractivity contribution in [3.8, 4) is 5.88 Å². The maximum atomic E-state index is 7.10. The summed E-state index contributed by atoms with van der Waals surface area (Å²) in [5.74, 6) is 0.692. The Labute approximate surface area is 121 Å². The summed E-state index contributed by atoms with van der Waals surface area (Å²) in [7, 11) is 2.12. The van der Waals surface area contributed by atoms with Gasteiger partial charge in [-0.3, -0.25) is 0 Å². The zero-order valence-electron chi connectivity index (χ0n) is 12.6. The third-order valence-corrected chi connectivity index (χ3v) is 3.75. The van der Waals surface area contributed by atoms with Crippen LogP contribution in [0.5, 0.6) is 5.88 Å². The second-order valence-electron chi connectivity index (χ2n) is 4.94. The van der Waals surface area contributed by atoms with Gasteiger partial charge >= 0.3 is 0 Å². The molecule has 0 aliphatic carbocycles. The van der Waals surface area contributed by atoms with Crippen molar-refractivity contribution in [2.45, 2.75) is 39.0 Å². The highest BCUT2D eigenvalue weighted by Crippen LogP contribution is 2.27. The van der Waals surface area contributed by atoms with Gasteiger partial charge in [0.1, 0.15) is 5.69 Å². The number of likely N-dealkylation sites (N-methyl/N-ethyl adjacent to an activating group) is 1. The fourth-order valence-electron chi connectivity index (χ4n) is 2.16. The third-order valence-electron chi connectivity index (χ3n) is 3.24. The van der Waals surface area contributed by atoms with Gasteiger partial charge in [-0.15, -0.1) is 4.37 Å². The second kappa shape index (κ2) is 7.60. The number of aromatic nitrogens is 2. The molecule has 4 nitrogen and oxygen atoms in total. The molecule has 0 amide bonds. The number of unbranched alkanes of at least 4 members (excludes halogenated alkanes) is 3. The highest BCUT2D eigenvalue weighted by atomic mass is 32.1. The minimum Gasteiger partial charge on any atom is -0.475 e. The van der Waals surface area contributed by atoms with E-state index in [2.05, 4.69) is 26.8 Å². The fraction of sp³-hybridized carbons (Fsp3) is 0.714. The van der Waals surface area contributed by atoms with Gasteiger partial charge in [0.15, 0.2) is 0 Å². The summed E-state index contributed by atoms with van der Waals surface area (Å²) in [6, 6.07) is 0. The molecule has 2 rings (SSSR count). The molecule has 106 valence electrons. The molecular weight excluding hydrogens is 258 g/mol. The quantitative estimate of drug-likeness (QED) is 0.720. The summed E-state index contributed by atoms with van der Waals surface area (Å²) in [5.41, 5.74) is 2.16. The largest absolute Gasteiger partial charge is 0.475 e. The van der Waals surface area contributed by atoms with Crippen LogP contribution in [-0.4, -0.2) is 40.4 Å². The molecule has 19 heavy (non-hydrogen) atoms. The van der Waals surface area contributed by atoms with Gasteiger partial charge in [0.2, 0.25) is 0 Å². The molecule has 0 radical (unpaired) electrons. The maximum absolute atomic E-state index is 7.10. The van der Waals surface area contributed by atoms with Crippen LogP contribution in [0, 0.1) is 0 Å². The smallest absolute Gasteiger partial charge is 0.253 e. The highest BCUT2D eigenvalue weighted by molar-refractivity contribution is 6.99. The molecular formula is C14H23N3OS. The Bertz CT molecular complexity index is 436.